The number of rotatable bonds is 1. The molecule has 14 heavy (non-hydrogen) atoms. The summed E-state index contributed by atoms with van der Waals surface area (Å²) in [5.74, 6) is 0. The lowest BCUT2D eigenvalue weighted by Crippen LogP contribution is -2.46. The van der Waals surface area contributed by atoms with E-state index >= 15 is 0 Å². The van der Waals surface area contributed by atoms with E-state index in [4.69, 9.17) is 0 Å². The van der Waals surface area contributed by atoms with Gasteiger partial charge in [-0.25, -0.2) is 0 Å². The van der Waals surface area contributed by atoms with Crippen molar-refractivity contribution in [2.75, 3.05) is 18.0 Å². The third kappa shape index (κ3) is 2.07. The zero-order valence-electron chi connectivity index (χ0n) is 8.53. The number of nitrogens with zero attached hydrogens (tertiary/aromatic N) is 1. The Balaban J connectivity index is 2.12. The Labute approximate surface area is 85.2 Å². The Kier molecular flexibility index (Phi) is 2.46. The number of β-amino-alcohol motifs (C(OH)–C–C–N with tert-alkyl or cyclic N) is 1. The Morgan fingerprint density at radius 2 is 2.14 bits per heavy atom. The van der Waals surface area contributed by atoms with Crippen LogP contribution in [0.4, 0.5) is 5.69 Å². The summed E-state index contributed by atoms with van der Waals surface area (Å²) in [6, 6.07) is 10.9. The minimum absolute atomic E-state index is 0.530. The van der Waals surface area contributed by atoms with Crippen LogP contribution in [-0.4, -0.2) is 23.8 Å². The maximum atomic E-state index is 9.96. The van der Waals surface area contributed by atoms with Crippen LogP contribution in [0.3, 0.4) is 0 Å². The minimum Gasteiger partial charge on any atom is -0.388 e. The molecule has 1 fully saturated rings. The molecule has 2 heteroatoms. The van der Waals surface area contributed by atoms with Crippen LogP contribution in [0.15, 0.2) is 24.3 Å². The van der Waals surface area contributed by atoms with Crippen LogP contribution < -0.4 is 4.90 Å². The molecule has 0 bridgehead atoms. The van der Waals surface area contributed by atoms with Crippen LogP contribution in [0.1, 0.15) is 19.8 Å². The van der Waals surface area contributed by atoms with E-state index < -0.39 is 5.60 Å². The summed E-state index contributed by atoms with van der Waals surface area (Å²) >= 11 is 0. The van der Waals surface area contributed by atoms with Crippen molar-refractivity contribution in [2.24, 2.45) is 0 Å². The van der Waals surface area contributed by atoms with Gasteiger partial charge < -0.3 is 10.0 Å². The number of benzene rings is 1. The Bertz CT molecular complexity index is 294. The van der Waals surface area contributed by atoms with Gasteiger partial charge in [0.2, 0.25) is 0 Å². The summed E-state index contributed by atoms with van der Waals surface area (Å²) in [5.41, 5.74) is 0.654. The van der Waals surface area contributed by atoms with E-state index in [0.717, 1.165) is 25.9 Å². The molecule has 2 rings (SSSR count). The lowest BCUT2D eigenvalue weighted by molar-refractivity contribution is 0.0449. The highest BCUT2D eigenvalue weighted by atomic mass is 16.3. The van der Waals surface area contributed by atoms with Gasteiger partial charge in [0, 0.05) is 18.8 Å². The van der Waals surface area contributed by atoms with Gasteiger partial charge in [0.15, 0.2) is 0 Å². The molecule has 0 saturated carbocycles. The maximum Gasteiger partial charge on any atom is 0.0794 e. The van der Waals surface area contributed by atoms with Gasteiger partial charge in [-0.15, -0.1) is 0 Å². The molecule has 1 radical (unpaired) electrons. The van der Waals surface area contributed by atoms with Crippen molar-refractivity contribution >= 4 is 5.69 Å². The van der Waals surface area contributed by atoms with Gasteiger partial charge in [-0.1, -0.05) is 12.1 Å². The van der Waals surface area contributed by atoms with E-state index in [9.17, 15) is 5.11 Å². The predicted octanol–water partition coefficient (Wildman–Crippen LogP) is 1.84. The standard InChI is InChI=1S/C12H16NO/c1-12(14)8-5-9-13(10-12)11-6-3-2-4-7-11/h3-4,6-7,14H,5,8-10H2,1H3. The van der Waals surface area contributed by atoms with Crippen LogP contribution >= 0.6 is 0 Å². The minimum atomic E-state index is -0.530. The van der Waals surface area contributed by atoms with Gasteiger partial charge >= 0.3 is 0 Å². The molecule has 1 saturated heterocycles. The molecule has 1 N–H and O–H groups in total. The van der Waals surface area contributed by atoms with Gasteiger partial charge in [-0.05, 0) is 38.0 Å². The Morgan fingerprint density at radius 3 is 2.79 bits per heavy atom. The van der Waals surface area contributed by atoms with Crippen molar-refractivity contribution in [3.05, 3.63) is 30.3 Å². The van der Waals surface area contributed by atoms with Crippen molar-refractivity contribution < 1.29 is 5.11 Å². The average Bonchev–Trinajstić information content (AvgIpc) is 2.18. The first-order chi connectivity index (χ1) is 6.67. The normalized spacial score (nSPS) is 27.7. The van der Waals surface area contributed by atoms with Crippen LogP contribution in [0.2, 0.25) is 0 Å². The van der Waals surface area contributed by atoms with Crippen LogP contribution in [0, 0.1) is 6.07 Å². The lowest BCUT2D eigenvalue weighted by atomic mass is 9.95. The number of hydrogen-bond acceptors (Lipinski definition) is 2. The van der Waals surface area contributed by atoms with E-state index in [1.165, 1.54) is 5.69 Å². The third-order valence-electron chi connectivity index (χ3n) is 2.74. The first-order valence-electron chi connectivity index (χ1n) is 5.11. The van der Waals surface area contributed by atoms with E-state index in [2.05, 4.69) is 11.0 Å². The second-order valence-electron chi connectivity index (χ2n) is 4.28. The van der Waals surface area contributed by atoms with E-state index in [0.29, 0.717) is 0 Å². The fourth-order valence-corrected chi connectivity index (χ4v) is 2.03. The average molecular weight is 190 g/mol. The topological polar surface area (TPSA) is 23.5 Å². The highest BCUT2D eigenvalue weighted by Gasteiger charge is 2.28. The maximum absolute atomic E-state index is 9.96. The molecule has 1 aromatic carbocycles. The predicted molar refractivity (Wildman–Crippen MR) is 57.3 cm³/mol. The van der Waals surface area contributed by atoms with E-state index in [-0.39, 0.29) is 0 Å². The molecule has 0 spiro atoms. The molecular weight excluding hydrogens is 174 g/mol. The van der Waals surface area contributed by atoms with Crippen molar-refractivity contribution in [3.8, 4) is 0 Å². The zero-order chi connectivity index (χ0) is 10.0. The summed E-state index contributed by atoms with van der Waals surface area (Å²) in [7, 11) is 0. The molecule has 2 nitrogen and oxygen atoms in total. The lowest BCUT2D eigenvalue weighted by Gasteiger charge is -2.38. The number of piperidine rings is 1. The van der Waals surface area contributed by atoms with Gasteiger partial charge in [-0.2, -0.15) is 0 Å². The second-order valence-corrected chi connectivity index (χ2v) is 4.28. The highest BCUT2D eigenvalue weighted by Crippen LogP contribution is 2.24. The van der Waals surface area contributed by atoms with Crippen molar-refractivity contribution in [3.63, 3.8) is 0 Å². The first-order valence-corrected chi connectivity index (χ1v) is 5.11. The fourth-order valence-electron chi connectivity index (χ4n) is 2.03. The Hall–Kier alpha value is -1.02. The molecule has 1 aromatic rings. The largest absolute Gasteiger partial charge is 0.388 e. The quantitative estimate of drug-likeness (QED) is 0.730. The van der Waals surface area contributed by atoms with E-state index in [1.54, 1.807) is 0 Å². The molecule has 1 atom stereocenters. The van der Waals surface area contributed by atoms with Crippen molar-refractivity contribution in [1.29, 1.82) is 0 Å². The van der Waals surface area contributed by atoms with E-state index in [1.807, 2.05) is 31.2 Å². The second kappa shape index (κ2) is 3.62. The number of anilines is 1. The summed E-state index contributed by atoms with van der Waals surface area (Å²) in [4.78, 5) is 2.23. The van der Waals surface area contributed by atoms with Gasteiger partial charge in [0.05, 0.1) is 5.60 Å². The molecule has 1 unspecified atom stereocenters. The smallest absolute Gasteiger partial charge is 0.0794 e. The highest BCUT2D eigenvalue weighted by molar-refractivity contribution is 5.46. The first kappa shape index (κ1) is 9.53. The molecule has 1 heterocycles. The van der Waals surface area contributed by atoms with Crippen molar-refractivity contribution in [2.45, 2.75) is 25.4 Å². The molecule has 0 aliphatic carbocycles. The summed E-state index contributed by atoms with van der Waals surface area (Å²) in [6.07, 6.45) is 1.97. The SMILES string of the molecule is CC1(O)CCCN(c2cc[c]cc2)C1. The van der Waals surface area contributed by atoms with Gasteiger partial charge in [0.1, 0.15) is 0 Å². The molecule has 0 aromatic heterocycles. The fraction of sp³-hybridized carbons (Fsp3) is 0.500. The number of hydrogen-bond donors (Lipinski definition) is 1. The molecule has 0 amide bonds. The van der Waals surface area contributed by atoms with Crippen LogP contribution in [-0.2, 0) is 0 Å². The summed E-state index contributed by atoms with van der Waals surface area (Å²) in [6.45, 7) is 3.69. The Morgan fingerprint density at radius 1 is 1.43 bits per heavy atom. The molecular formula is C12H16NO. The third-order valence-corrected chi connectivity index (χ3v) is 2.74. The summed E-state index contributed by atoms with van der Waals surface area (Å²) < 4.78 is 0. The van der Waals surface area contributed by atoms with Gasteiger partial charge in [-0.3, -0.25) is 0 Å². The van der Waals surface area contributed by atoms with Crippen molar-refractivity contribution in [1.82, 2.24) is 0 Å². The monoisotopic (exact) mass is 190 g/mol. The molecule has 1 aliphatic heterocycles. The number of aliphatic hydroxyl groups is 1. The molecule has 1 aliphatic rings. The van der Waals surface area contributed by atoms with Gasteiger partial charge in [0.25, 0.3) is 0 Å². The summed E-state index contributed by atoms with van der Waals surface area (Å²) in [5, 5.41) is 9.96. The molecule has 75 valence electrons. The van der Waals surface area contributed by atoms with Crippen LogP contribution in [0.25, 0.3) is 0 Å². The zero-order valence-corrected chi connectivity index (χ0v) is 8.53. The van der Waals surface area contributed by atoms with Crippen LogP contribution in [0.5, 0.6) is 0 Å².